The van der Waals surface area contributed by atoms with Crippen molar-refractivity contribution in [1.29, 1.82) is 0 Å². The van der Waals surface area contributed by atoms with E-state index in [-0.39, 0.29) is 0 Å². The molecule has 0 saturated heterocycles. The highest BCUT2D eigenvalue weighted by Crippen LogP contribution is 2.31. The molecule has 2 aromatic carbocycles. The van der Waals surface area contributed by atoms with Gasteiger partial charge in [0.25, 0.3) is 0 Å². The molecule has 4 nitrogen and oxygen atoms in total. The third-order valence-corrected chi connectivity index (χ3v) is 3.65. The molecule has 0 spiro atoms. The van der Waals surface area contributed by atoms with Crippen LogP contribution in [0.5, 0.6) is 5.75 Å². The van der Waals surface area contributed by atoms with Gasteiger partial charge in [-0.15, -0.1) is 0 Å². The van der Waals surface area contributed by atoms with Gasteiger partial charge in [0.2, 0.25) is 0 Å². The van der Waals surface area contributed by atoms with Crippen LogP contribution in [0.1, 0.15) is 0 Å². The maximum absolute atomic E-state index is 6.19. The van der Waals surface area contributed by atoms with Gasteiger partial charge in [-0.05, 0) is 18.2 Å². The minimum Gasteiger partial charge on any atom is -0.497 e. The molecule has 3 N–H and O–H groups in total. The Kier molecular flexibility index (Phi) is 3.20. The number of aromatic nitrogens is 2. The third-order valence-electron chi connectivity index (χ3n) is 3.02. The molecular formula is C14H11Cl2N3O. The van der Waals surface area contributed by atoms with Crippen LogP contribution in [-0.4, -0.2) is 17.1 Å². The van der Waals surface area contributed by atoms with Crippen LogP contribution in [0.2, 0.25) is 10.0 Å². The molecule has 0 aliphatic rings. The zero-order valence-electron chi connectivity index (χ0n) is 10.6. The minimum absolute atomic E-state index is 0.508. The molecule has 1 heterocycles. The van der Waals surface area contributed by atoms with Crippen LogP contribution in [0.3, 0.4) is 0 Å². The summed E-state index contributed by atoms with van der Waals surface area (Å²) in [6.45, 7) is 0. The zero-order valence-corrected chi connectivity index (χ0v) is 12.1. The number of hydrogen-bond donors (Lipinski definition) is 2. The Morgan fingerprint density at radius 1 is 1.15 bits per heavy atom. The molecule has 0 radical (unpaired) electrons. The van der Waals surface area contributed by atoms with Gasteiger partial charge in [0.05, 0.1) is 28.4 Å². The molecule has 0 fully saturated rings. The normalized spacial score (nSPS) is 10.9. The lowest BCUT2D eigenvalue weighted by molar-refractivity contribution is 0.415. The van der Waals surface area contributed by atoms with Crippen molar-refractivity contribution < 1.29 is 4.74 Å². The van der Waals surface area contributed by atoms with E-state index in [0.29, 0.717) is 32.8 Å². The van der Waals surface area contributed by atoms with Crippen LogP contribution in [0, 0.1) is 0 Å². The van der Waals surface area contributed by atoms with Crippen molar-refractivity contribution in [1.82, 2.24) is 9.97 Å². The van der Waals surface area contributed by atoms with Gasteiger partial charge in [-0.3, -0.25) is 0 Å². The summed E-state index contributed by atoms with van der Waals surface area (Å²) in [5.41, 5.74) is 8.66. The summed E-state index contributed by atoms with van der Waals surface area (Å²) >= 11 is 12.1. The first-order chi connectivity index (χ1) is 9.58. The molecule has 6 heteroatoms. The fourth-order valence-corrected chi connectivity index (χ4v) is 2.37. The molecule has 3 aromatic rings. The molecule has 0 aliphatic heterocycles. The van der Waals surface area contributed by atoms with E-state index in [4.69, 9.17) is 33.7 Å². The second kappa shape index (κ2) is 4.89. The van der Waals surface area contributed by atoms with Crippen molar-refractivity contribution in [3.63, 3.8) is 0 Å². The van der Waals surface area contributed by atoms with Crippen molar-refractivity contribution >= 4 is 39.9 Å². The number of imidazole rings is 1. The summed E-state index contributed by atoms with van der Waals surface area (Å²) in [5, 5.41) is 1.05. The highest BCUT2D eigenvalue weighted by atomic mass is 35.5. The minimum atomic E-state index is 0.508. The van der Waals surface area contributed by atoms with E-state index in [0.717, 1.165) is 11.1 Å². The number of benzene rings is 2. The first-order valence-electron chi connectivity index (χ1n) is 5.87. The number of nitrogen functional groups attached to an aromatic ring is 1. The van der Waals surface area contributed by atoms with Crippen molar-refractivity contribution in [2.45, 2.75) is 0 Å². The number of rotatable bonds is 2. The topological polar surface area (TPSA) is 63.9 Å². The Balaban J connectivity index is 2.17. The summed E-state index contributed by atoms with van der Waals surface area (Å²) in [6.07, 6.45) is 0. The Morgan fingerprint density at radius 3 is 2.65 bits per heavy atom. The lowest BCUT2D eigenvalue weighted by Crippen LogP contribution is -1.88. The van der Waals surface area contributed by atoms with Crippen LogP contribution in [-0.2, 0) is 0 Å². The Morgan fingerprint density at radius 2 is 1.95 bits per heavy atom. The molecule has 3 rings (SSSR count). The van der Waals surface area contributed by atoms with E-state index < -0.39 is 0 Å². The number of anilines is 1. The maximum Gasteiger partial charge on any atom is 0.138 e. The van der Waals surface area contributed by atoms with Crippen LogP contribution < -0.4 is 10.5 Å². The number of aromatic amines is 1. The Bertz CT molecular complexity index is 798. The second-order valence-electron chi connectivity index (χ2n) is 4.33. The van der Waals surface area contributed by atoms with Gasteiger partial charge in [-0.1, -0.05) is 23.2 Å². The number of hydrogen-bond acceptors (Lipinski definition) is 3. The molecule has 102 valence electrons. The summed E-state index contributed by atoms with van der Waals surface area (Å²) in [4.78, 5) is 7.69. The predicted molar refractivity (Wildman–Crippen MR) is 82.5 cm³/mol. The zero-order chi connectivity index (χ0) is 14.3. The number of fused-ring (bicyclic) bond motifs is 1. The van der Waals surface area contributed by atoms with Gasteiger partial charge in [0.15, 0.2) is 0 Å². The van der Waals surface area contributed by atoms with E-state index in [1.165, 1.54) is 0 Å². The lowest BCUT2D eigenvalue weighted by atomic mass is 10.2. The molecular weight excluding hydrogens is 297 g/mol. The van der Waals surface area contributed by atoms with E-state index in [1.54, 1.807) is 25.3 Å². The fraction of sp³-hybridized carbons (Fsp3) is 0.0714. The van der Waals surface area contributed by atoms with Gasteiger partial charge < -0.3 is 15.5 Å². The number of nitrogens with one attached hydrogen (secondary N) is 1. The summed E-state index contributed by atoms with van der Waals surface area (Å²) in [6, 6.07) is 8.93. The van der Waals surface area contributed by atoms with Gasteiger partial charge in [0, 0.05) is 17.7 Å². The fourth-order valence-electron chi connectivity index (χ4n) is 2.00. The lowest BCUT2D eigenvalue weighted by Gasteiger charge is -2.00. The number of H-pyrrole nitrogens is 1. The average molecular weight is 308 g/mol. The van der Waals surface area contributed by atoms with Crippen molar-refractivity contribution in [3.8, 4) is 17.1 Å². The van der Waals surface area contributed by atoms with Crippen molar-refractivity contribution in [3.05, 3.63) is 40.4 Å². The summed E-state index contributed by atoms with van der Waals surface area (Å²) in [5.74, 6) is 1.35. The maximum atomic E-state index is 6.19. The molecule has 20 heavy (non-hydrogen) atoms. The molecule has 0 unspecified atom stereocenters. The molecule has 0 saturated carbocycles. The average Bonchev–Trinajstić information content (AvgIpc) is 2.86. The molecule has 0 bridgehead atoms. The first-order valence-corrected chi connectivity index (χ1v) is 6.62. The first kappa shape index (κ1) is 13.1. The van der Waals surface area contributed by atoms with Gasteiger partial charge in [-0.2, -0.15) is 0 Å². The third kappa shape index (κ3) is 2.17. The van der Waals surface area contributed by atoms with Crippen LogP contribution >= 0.6 is 23.2 Å². The highest BCUT2D eigenvalue weighted by Gasteiger charge is 2.11. The van der Waals surface area contributed by atoms with Gasteiger partial charge >= 0.3 is 0 Å². The second-order valence-corrected chi connectivity index (χ2v) is 5.14. The predicted octanol–water partition coefficient (Wildman–Crippen LogP) is 4.13. The number of nitrogens with zero attached hydrogens (tertiary/aromatic N) is 1. The van der Waals surface area contributed by atoms with Crippen molar-refractivity contribution in [2.24, 2.45) is 0 Å². The largest absolute Gasteiger partial charge is 0.497 e. The van der Waals surface area contributed by atoms with Crippen LogP contribution in [0.15, 0.2) is 30.3 Å². The Hall–Kier alpha value is -1.91. The number of methoxy groups -OCH3 is 1. The summed E-state index contributed by atoms with van der Waals surface area (Å²) in [7, 11) is 1.59. The molecule has 0 amide bonds. The number of halogens is 2. The number of nitrogens with two attached hydrogens (primary N) is 1. The van der Waals surface area contributed by atoms with Crippen LogP contribution in [0.25, 0.3) is 22.4 Å². The Labute approximate surface area is 125 Å². The summed E-state index contributed by atoms with van der Waals surface area (Å²) < 4.78 is 5.18. The molecule has 0 aliphatic carbocycles. The van der Waals surface area contributed by atoms with Gasteiger partial charge in [0.1, 0.15) is 17.1 Å². The van der Waals surface area contributed by atoms with E-state index >= 15 is 0 Å². The number of ether oxygens (including phenoxy) is 1. The van der Waals surface area contributed by atoms with E-state index in [1.807, 2.05) is 12.1 Å². The van der Waals surface area contributed by atoms with E-state index in [2.05, 4.69) is 9.97 Å². The SMILES string of the molecule is COc1cc(Cl)c2nc(-c3ccc(Cl)c(N)c3)[nH]c2c1. The van der Waals surface area contributed by atoms with E-state index in [9.17, 15) is 0 Å². The quantitative estimate of drug-likeness (QED) is 0.700. The molecule has 1 aromatic heterocycles. The monoisotopic (exact) mass is 307 g/mol. The highest BCUT2D eigenvalue weighted by molar-refractivity contribution is 6.35. The van der Waals surface area contributed by atoms with Crippen molar-refractivity contribution in [2.75, 3.05) is 12.8 Å². The molecule has 0 atom stereocenters. The smallest absolute Gasteiger partial charge is 0.138 e. The van der Waals surface area contributed by atoms with Crippen LogP contribution in [0.4, 0.5) is 5.69 Å². The van der Waals surface area contributed by atoms with Gasteiger partial charge in [-0.25, -0.2) is 4.98 Å². The standard InChI is InChI=1S/C14H11Cl2N3O/c1-20-8-5-10(16)13-12(6-8)18-14(19-13)7-2-3-9(15)11(17)4-7/h2-6H,17H2,1H3,(H,18,19).